The van der Waals surface area contributed by atoms with Gasteiger partial charge in [-0.15, -0.1) is 0 Å². The van der Waals surface area contributed by atoms with E-state index in [-0.39, 0.29) is 0 Å². The summed E-state index contributed by atoms with van der Waals surface area (Å²) >= 11 is 0. The van der Waals surface area contributed by atoms with Crippen LogP contribution in [-0.2, 0) is 6.18 Å². The Bertz CT molecular complexity index is 851. The van der Waals surface area contributed by atoms with Crippen LogP contribution in [0.3, 0.4) is 0 Å². The molecule has 0 bridgehead atoms. The molecule has 0 saturated heterocycles. The van der Waals surface area contributed by atoms with Gasteiger partial charge in [0.1, 0.15) is 5.56 Å². The molecule has 2 rings (SSSR count). The van der Waals surface area contributed by atoms with Gasteiger partial charge in [-0.25, -0.2) is 39.5 Å². The lowest BCUT2D eigenvalue weighted by atomic mass is 9.95. The fourth-order valence-electron chi connectivity index (χ4n) is 1.96. The van der Waals surface area contributed by atoms with Crippen LogP contribution < -0.4 is 0 Å². The van der Waals surface area contributed by atoms with Crippen LogP contribution in [0.15, 0.2) is 0 Å². The summed E-state index contributed by atoms with van der Waals surface area (Å²) in [7, 11) is 0. The van der Waals surface area contributed by atoms with Gasteiger partial charge >= 0.3 is 6.18 Å². The number of hydrogen-bond donors (Lipinski definition) is 0. The molecule has 0 aliphatic heterocycles. The van der Waals surface area contributed by atoms with Crippen molar-refractivity contribution in [2.45, 2.75) is 6.18 Å². The molecule has 0 amide bonds. The van der Waals surface area contributed by atoms with Crippen molar-refractivity contribution in [2.24, 2.45) is 0 Å². The van der Waals surface area contributed by atoms with Gasteiger partial charge in [0.05, 0.1) is 5.56 Å². The van der Waals surface area contributed by atoms with Gasteiger partial charge in [-0.2, -0.15) is 13.2 Å². The van der Waals surface area contributed by atoms with Gasteiger partial charge in [-0.05, 0) is 0 Å². The van der Waals surface area contributed by atoms with E-state index in [0.717, 1.165) is 0 Å². The van der Waals surface area contributed by atoms with Crippen molar-refractivity contribution < 1.29 is 52.7 Å². The third-order valence-corrected chi connectivity index (χ3v) is 3.01. The molecule has 2 aromatic carbocycles. The summed E-state index contributed by atoms with van der Waals surface area (Å²) < 4.78 is 158. The normalized spacial score (nSPS) is 12.0. The molecular formula is C13F12. The Kier molecular flexibility index (Phi) is 4.43. The highest BCUT2D eigenvalue weighted by molar-refractivity contribution is 5.71. The zero-order chi connectivity index (χ0) is 19.4. The van der Waals surface area contributed by atoms with Crippen LogP contribution in [0.1, 0.15) is 5.56 Å². The number of benzene rings is 2. The maximum Gasteiger partial charge on any atom is 0.420 e. The number of halogens is 12. The van der Waals surface area contributed by atoms with Crippen LogP contribution in [0.25, 0.3) is 11.1 Å². The first-order chi connectivity index (χ1) is 11.3. The minimum absolute atomic E-state index is 2.60. The van der Waals surface area contributed by atoms with E-state index >= 15 is 0 Å². The number of alkyl halides is 3. The van der Waals surface area contributed by atoms with Crippen LogP contribution in [0.2, 0.25) is 0 Å². The van der Waals surface area contributed by atoms with Gasteiger partial charge in [-0.1, -0.05) is 0 Å². The van der Waals surface area contributed by atoms with Crippen molar-refractivity contribution >= 4 is 0 Å². The first-order valence-electron chi connectivity index (χ1n) is 5.77. The number of rotatable bonds is 1. The predicted octanol–water partition coefficient (Wildman–Crippen LogP) is 5.62. The molecule has 0 unspecified atom stereocenters. The summed E-state index contributed by atoms with van der Waals surface area (Å²) in [5, 5.41) is 0. The molecule has 0 radical (unpaired) electrons. The molecule has 0 fully saturated rings. The molecule has 12 heteroatoms. The first kappa shape index (κ1) is 18.9. The van der Waals surface area contributed by atoms with Crippen LogP contribution in [0.5, 0.6) is 0 Å². The SMILES string of the molecule is Fc1c(F)c(F)c(-c2c(F)c(F)c(F)c(F)c2C(F)(F)F)c(F)c1F. The van der Waals surface area contributed by atoms with E-state index in [2.05, 4.69) is 0 Å². The summed E-state index contributed by atoms with van der Waals surface area (Å²) in [5.74, 6) is -26.4. The lowest BCUT2D eigenvalue weighted by molar-refractivity contribution is -0.140. The Balaban J connectivity index is 3.15. The van der Waals surface area contributed by atoms with Crippen LogP contribution >= 0.6 is 0 Å². The maximum atomic E-state index is 13.7. The molecule has 0 spiro atoms. The molecule has 0 aliphatic carbocycles. The predicted molar refractivity (Wildman–Crippen MR) is 56.5 cm³/mol. The second-order valence-corrected chi connectivity index (χ2v) is 4.45. The van der Waals surface area contributed by atoms with E-state index in [4.69, 9.17) is 0 Å². The lowest BCUT2D eigenvalue weighted by Crippen LogP contribution is -2.17. The highest BCUT2D eigenvalue weighted by atomic mass is 19.4. The first-order valence-corrected chi connectivity index (χ1v) is 5.77. The zero-order valence-electron chi connectivity index (χ0n) is 11.0. The minimum atomic E-state index is -6.07. The lowest BCUT2D eigenvalue weighted by Gasteiger charge is -2.17. The third kappa shape index (κ3) is 2.68. The van der Waals surface area contributed by atoms with E-state index in [1.54, 1.807) is 0 Å². The van der Waals surface area contributed by atoms with Crippen molar-refractivity contribution in [1.82, 2.24) is 0 Å². The van der Waals surface area contributed by atoms with Crippen LogP contribution in [0, 0.1) is 52.4 Å². The Labute approximate surface area is 129 Å². The largest absolute Gasteiger partial charge is 0.420 e. The maximum absolute atomic E-state index is 13.7. The van der Waals surface area contributed by atoms with Crippen molar-refractivity contribution in [3.63, 3.8) is 0 Å². The molecule has 2 aromatic rings. The summed E-state index contributed by atoms with van der Waals surface area (Å²) in [4.78, 5) is 0. The molecule has 0 saturated carbocycles. The van der Waals surface area contributed by atoms with Gasteiger partial charge in [0.15, 0.2) is 46.5 Å². The monoisotopic (exact) mass is 384 g/mol. The Morgan fingerprint density at radius 3 is 1.00 bits per heavy atom. The topological polar surface area (TPSA) is 0 Å². The molecular weight excluding hydrogens is 384 g/mol. The zero-order valence-corrected chi connectivity index (χ0v) is 11.0. The van der Waals surface area contributed by atoms with E-state index in [1.165, 1.54) is 0 Å². The Morgan fingerprint density at radius 2 is 0.640 bits per heavy atom. The molecule has 0 aromatic heterocycles. The summed E-state index contributed by atoms with van der Waals surface area (Å²) in [6, 6.07) is 0. The summed E-state index contributed by atoms with van der Waals surface area (Å²) in [6.07, 6.45) is -6.07. The molecule has 0 N–H and O–H groups in total. The molecule has 136 valence electrons. The van der Waals surface area contributed by atoms with Crippen molar-refractivity contribution in [3.8, 4) is 11.1 Å². The van der Waals surface area contributed by atoms with E-state index in [0.29, 0.717) is 0 Å². The molecule has 0 aliphatic rings. The Hall–Kier alpha value is -2.40. The van der Waals surface area contributed by atoms with Crippen molar-refractivity contribution in [3.05, 3.63) is 57.9 Å². The second kappa shape index (κ2) is 5.85. The molecule has 0 heterocycles. The molecule has 25 heavy (non-hydrogen) atoms. The van der Waals surface area contributed by atoms with Crippen LogP contribution in [0.4, 0.5) is 52.7 Å². The van der Waals surface area contributed by atoms with Gasteiger partial charge in [0.25, 0.3) is 0 Å². The van der Waals surface area contributed by atoms with Gasteiger partial charge < -0.3 is 0 Å². The molecule has 0 atom stereocenters. The average molecular weight is 384 g/mol. The number of hydrogen-bond acceptors (Lipinski definition) is 0. The van der Waals surface area contributed by atoms with Gasteiger partial charge in [0, 0.05) is 5.56 Å². The standard InChI is InChI=1S/C13F12/c14-4-1(2-5(15)9(19)12(22)10(20)6(2)16)3(13(23,24)25)7(17)11(21)8(4)18. The van der Waals surface area contributed by atoms with Crippen molar-refractivity contribution in [1.29, 1.82) is 0 Å². The van der Waals surface area contributed by atoms with Gasteiger partial charge in [-0.3, -0.25) is 0 Å². The minimum Gasteiger partial charge on any atom is -0.203 e. The summed E-state index contributed by atoms with van der Waals surface area (Å²) in [5.41, 5.74) is -8.37. The smallest absolute Gasteiger partial charge is 0.203 e. The fraction of sp³-hybridized carbons (Fsp3) is 0.0769. The van der Waals surface area contributed by atoms with E-state index in [1.807, 2.05) is 0 Å². The van der Waals surface area contributed by atoms with Gasteiger partial charge in [0.2, 0.25) is 5.82 Å². The Morgan fingerprint density at radius 1 is 0.360 bits per heavy atom. The van der Waals surface area contributed by atoms with Crippen molar-refractivity contribution in [2.75, 3.05) is 0 Å². The average Bonchev–Trinajstić information content (AvgIpc) is 2.52. The summed E-state index contributed by atoms with van der Waals surface area (Å²) in [6.45, 7) is 0. The third-order valence-electron chi connectivity index (χ3n) is 3.01. The quantitative estimate of drug-likeness (QED) is 0.340. The van der Waals surface area contributed by atoms with Crippen LogP contribution in [-0.4, -0.2) is 0 Å². The highest BCUT2D eigenvalue weighted by Gasteiger charge is 2.44. The van der Waals surface area contributed by atoms with E-state index in [9.17, 15) is 52.7 Å². The fourth-order valence-corrected chi connectivity index (χ4v) is 1.96. The van der Waals surface area contributed by atoms with E-state index < -0.39 is 75.2 Å². The highest BCUT2D eigenvalue weighted by Crippen LogP contribution is 2.44. The second-order valence-electron chi connectivity index (χ2n) is 4.45. The molecule has 0 nitrogen and oxygen atoms in total.